The number of pyridine rings is 1. The van der Waals surface area contributed by atoms with Crippen LogP contribution in [0.25, 0.3) is 10.9 Å². The number of halogens is 2. The van der Waals surface area contributed by atoms with Gasteiger partial charge in [0.2, 0.25) is 5.88 Å². The zero-order chi connectivity index (χ0) is 27.4. The Kier molecular flexibility index (Phi) is 8.35. The fourth-order valence-corrected chi connectivity index (χ4v) is 9.68. The molecule has 4 aromatic rings. The van der Waals surface area contributed by atoms with Gasteiger partial charge in [0.15, 0.2) is 0 Å². The topological polar surface area (TPSA) is 59.2 Å². The molecule has 1 atom stereocenters. The number of fused-ring (bicyclic) bond motifs is 1. The lowest BCUT2D eigenvalue weighted by atomic mass is 10.1. The normalized spacial score (nSPS) is 13.6. The Bertz CT molecular complexity index is 1280. The van der Waals surface area contributed by atoms with Crippen LogP contribution < -0.4 is 20.4 Å². The van der Waals surface area contributed by atoms with Crippen LogP contribution >= 0.6 is 0 Å². The number of nitrogens with one attached hydrogen (secondary N) is 2. The van der Waals surface area contributed by atoms with Gasteiger partial charge in [-0.15, -0.1) is 0 Å². The number of nitrogens with zero attached hydrogens (tertiary/aromatic N) is 1. The van der Waals surface area contributed by atoms with Gasteiger partial charge < -0.3 is 19.5 Å². The molecule has 0 saturated heterocycles. The van der Waals surface area contributed by atoms with Crippen LogP contribution in [-0.4, -0.2) is 50.5 Å². The molecule has 0 fully saturated rings. The minimum Gasteiger partial charge on any atom is -0.481 e. The van der Waals surface area contributed by atoms with Gasteiger partial charge in [-0.3, -0.25) is 0 Å². The average molecular weight is 538 g/mol. The van der Waals surface area contributed by atoms with Crippen molar-refractivity contribution in [2.24, 2.45) is 0 Å². The Morgan fingerprint density at radius 2 is 1.61 bits per heavy atom. The zero-order valence-electron chi connectivity index (χ0n) is 22.7. The predicted octanol–water partition coefficient (Wildman–Crippen LogP) is 5.30. The lowest BCUT2D eigenvalue weighted by molar-refractivity contribution is -0.0433. The third-order valence-electron chi connectivity index (χ3n) is 6.99. The van der Waals surface area contributed by atoms with Gasteiger partial charge in [0, 0.05) is 23.7 Å². The van der Waals surface area contributed by atoms with Gasteiger partial charge in [-0.25, -0.2) is 13.8 Å². The molecule has 5 nitrogen and oxygen atoms in total. The number of methoxy groups -OCH3 is 1. The Morgan fingerprint density at radius 1 is 1.00 bits per heavy atom. The lowest BCUT2D eigenvalue weighted by Crippen LogP contribution is -2.67. The van der Waals surface area contributed by atoms with E-state index in [0.717, 1.165) is 26.8 Å². The maximum Gasteiger partial charge on any atom is 0.281 e. The monoisotopic (exact) mass is 537 g/mol. The quantitative estimate of drug-likeness (QED) is 0.255. The molecule has 2 aromatic carbocycles. The van der Waals surface area contributed by atoms with E-state index < -0.39 is 27.4 Å². The molecule has 8 heteroatoms. The molecule has 0 aliphatic rings. The summed E-state index contributed by atoms with van der Waals surface area (Å²) in [6.45, 7) is 7.04. The Morgan fingerprint density at radius 3 is 2.16 bits per heavy atom. The zero-order valence-corrected chi connectivity index (χ0v) is 23.7. The number of ether oxygens (including phenoxy) is 1. The molecule has 1 unspecified atom stereocenters. The molecular formula is C30H37F2N3O2Si. The van der Waals surface area contributed by atoms with E-state index in [4.69, 9.17) is 9.16 Å². The van der Waals surface area contributed by atoms with Crippen molar-refractivity contribution >= 4 is 29.6 Å². The highest BCUT2D eigenvalue weighted by molar-refractivity contribution is 6.99. The van der Waals surface area contributed by atoms with Gasteiger partial charge in [0.25, 0.3) is 14.2 Å². The van der Waals surface area contributed by atoms with Crippen molar-refractivity contribution in [1.82, 2.24) is 15.3 Å². The van der Waals surface area contributed by atoms with Crippen molar-refractivity contribution in [3.63, 3.8) is 0 Å². The standard InChI is InChI=1S/C30H37F2N3O2Si/c1-22(16-23-18-33-27-19-34-28(36-5)17-26(23)27)35-20-30(31,32)21-37-38(29(2,3)4,24-12-8-6-9-13-24)25-14-10-7-11-15-25/h6-15,17-19,22,33,35H,16,20-21H2,1-5H3. The maximum absolute atomic E-state index is 15.4. The minimum absolute atomic E-state index is 0.174. The predicted molar refractivity (Wildman–Crippen MR) is 152 cm³/mol. The summed E-state index contributed by atoms with van der Waals surface area (Å²) in [6.07, 6.45) is 4.19. The number of hydrogen-bond acceptors (Lipinski definition) is 4. The Labute approximate surface area is 224 Å². The molecule has 2 aromatic heterocycles. The largest absolute Gasteiger partial charge is 0.481 e. The SMILES string of the molecule is COc1cc2c(CC(C)NCC(F)(F)CO[Si](c3ccccc3)(c3ccccc3)C(C)(C)C)c[nH]c2cn1. The van der Waals surface area contributed by atoms with E-state index >= 15 is 8.78 Å². The minimum atomic E-state index is -3.05. The van der Waals surface area contributed by atoms with Crippen molar-refractivity contribution in [3.8, 4) is 5.88 Å². The van der Waals surface area contributed by atoms with E-state index in [2.05, 4.69) is 36.1 Å². The van der Waals surface area contributed by atoms with Crippen molar-refractivity contribution in [1.29, 1.82) is 0 Å². The molecule has 38 heavy (non-hydrogen) atoms. The summed E-state index contributed by atoms with van der Waals surface area (Å²) >= 11 is 0. The molecule has 0 aliphatic heterocycles. The van der Waals surface area contributed by atoms with Crippen molar-refractivity contribution in [2.45, 2.75) is 51.1 Å². The molecule has 2 heterocycles. The summed E-state index contributed by atoms with van der Waals surface area (Å²) in [5, 5.41) is 5.62. The first-order valence-electron chi connectivity index (χ1n) is 12.9. The number of aromatic nitrogens is 2. The van der Waals surface area contributed by atoms with E-state index in [1.165, 1.54) is 0 Å². The molecule has 0 radical (unpaired) electrons. The van der Waals surface area contributed by atoms with Crippen LogP contribution in [-0.2, 0) is 10.8 Å². The molecule has 202 valence electrons. The molecular weight excluding hydrogens is 500 g/mol. The van der Waals surface area contributed by atoms with Gasteiger partial charge >= 0.3 is 0 Å². The summed E-state index contributed by atoms with van der Waals surface area (Å²) in [5.41, 5.74) is 1.91. The molecule has 0 aliphatic carbocycles. The number of aromatic amines is 1. The summed E-state index contributed by atoms with van der Waals surface area (Å²) in [4.78, 5) is 7.40. The highest BCUT2D eigenvalue weighted by Gasteiger charge is 2.51. The van der Waals surface area contributed by atoms with Crippen LogP contribution in [0.1, 0.15) is 33.3 Å². The Hall–Kier alpha value is -3.07. The highest BCUT2D eigenvalue weighted by atomic mass is 28.4. The third-order valence-corrected chi connectivity index (χ3v) is 12.0. The van der Waals surface area contributed by atoms with Gasteiger partial charge in [0.05, 0.1) is 32.0 Å². The van der Waals surface area contributed by atoms with Gasteiger partial charge in [-0.2, -0.15) is 0 Å². The van der Waals surface area contributed by atoms with Crippen LogP contribution in [0.2, 0.25) is 5.04 Å². The molecule has 0 amide bonds. The second kappa shape index (κ2) is 11.4. The van der Waals surface area contributed by atoms with E-state index in [0.29, 0.717) is 12.3 Å². The Balaban J connectivity index is 1.49. The second-order valence-electron chi connectivity index (χ2n) is 10.9. The van der Waals surface area contributed by atoms with Crippen LogP contribution in [0.5, 0.6) is 5.88 Å². The first kappa shape index (κ1) is 27.9. The second-order valence-corrected chi connectivity index (χ2v) is 15.2. The number of rotatable bonds is 11. The van der Waals surface area contributed by atoms with Crippen molar-refractivity contribution in [3.05, 3.63) is 84.7 Å². The fourth-order valence-electron chi connectivity index (χ4n) is 5.09. The number of hydrogen-bond donors (Lipinski definition) is 2. The highest BCUT2D eigenvalue weighted by Crippen LogP contribution is 2.37. The summed E-state index contributed by atoms with van der Waals surface area (Å²) in [5.74, 6) is -2.53. The van der Waals surface area contributed by atoms with Crippen molar-refractivity contribution in [2.75, 3.05) is 20.3 Å². The summed E-state index contributed by atoms with van der Waals surface area (Å²) < 4.78 is 42.4. The molecule has 0 bridgehead atoms. The maximum atomic E-state index is 15.4. The lowest BCUT2D eigenvalue weighted by Gasteiger charge is -2.43. The number of H-pyrrole nitrogens is 1. The van der Waals surface area contributed by atoms with Crippen LogP contribution in [0, 0.1) is 0 Å². The van der Waals surface area contributed by atoms with Crippen molar-refractivity contribution < 1.29 is 17.9 Å². The average Bonchev–Trinajstić information content (AvgIpc) is 3.30. The van der Waals surface area contributed by atoms with Crippen LogP contribution in [0.15, 0.2) is 79.1 Å². The summed E-state index contributed by atoms with van der Waals surface area (Å²) in [6, 6.07) is 21.4. The smallest absolute Gasteiger partial charge is 0.281 e. The number of benzene rings is 2. The molecule has 2 N–H and O–H groups in total. The van der Waals surface area contributed by atoms with Gasteiger partial charge in [0.1, 0.15) is 0 Å². The van der Waals surface area contributed by atoms with Crippen LogP contribution in [0.3, 0.4) is 0 Å². The first-order valence-corrected chi connectivity index (χ1v) is 14.8. The molecule has 0 spiro atoms. The van der Waals surface area contributed by atoms with E-state index in [9.17, 15) is 0 Å². The fraction of sp³-hybridized carbons (Fsp3) is 0.367. The first-order chi connectivity index (χ1) is 18.1. The third kappa shape index (κ3) is 5.98. The van der Waals surface area contributed by atoms with Gasteiger partial charge in [-0.1, -0.05) is 81.4 Å². The van der Waals surface area contributed by atoms with E-state index in [1.807, 2.05) is 79.9 Å². The number of alkyl halides is 2. The van der Waals surface area contributed by atoms with E-state index in [-0.39, 0.29) is 11.1 Å². The van der Waals surface area contributed by atoms with Gasteiger partial charge in [-0.05, 0) is 34.3 Å². The molecule has 4 rings (SSSR count). The van der Waals surface area contributed by atoms with Crippen LogP contribution in [0.4, 0.5) is 8.78 Å². The molecule has 0 saturated carbocycles. The summed E-state index contributed by atoms with van der Waals surface area (Å²) in [7, 11) is -1.47. The van der Waals surface area contributed by atoms with E-state index in [1.54, 1.807) is 13.3 Å².